The van der Waals surface area contributed by atoms with E-state index in [9.17, 15) is 19.5 Å². The number of para-hydroxylation sites is 1. The van der Waals surface area contributed by atoms with Gasteiger partial charge >= 0.3 is 5.97 Å². The third kappa shape index (κ3) is 1.81. The van der Waals surface area contributed by atoms with Crippen LogP contribution in [0.1, 0.15) is 28.6 Å². The number of likely N-dealkylation sites (N-methyl/N-ethyl adjacent to an activating group) is 1. The molecule has 2 amide bonds. The Balaban J connectivity index is 2.28. The Bertz CT molecular complexity index is 793. The van der Waals surface area contributed by atoms with Gasteiger partial charge in [-0.1, -0.05) is 6.07 Å². The van der Waals surface area contributed by atoms with E-state index in [1.54, 1.807) is 23.6 Å². The summed E-state index contributed by atoms with van der Waals surface area (Å²) in [6.07, 6.45) is 0.0234. The Morgan fingerprint density at radius 3 is 2.67 bits per heavy atom. The molecular weight excluding hydrogens is 274 g/mol. The van der Waals surface area contributed by atoms with Gasteiger partial charge in [0, 0.05) is 7.05 Å². The standard InChI is InChI=1S/C14H13N3O4/c1-7-15-9-5-3-4-8(14(20)21)12(9)17(7)10-6-11(18)16(2)13(10)19/h3-5,10H,6H2,1-2H3,(H,20,21). The lowest BCUT2D eigenvalue weighted by Gasteiger charge is -2.14. The van der Waals surface area contributed by atoms with Crippen molar-refractivity contribution in [3.8, 4) is 0 Å². The van der Waals surface area contributed by atoms with Gasteiger partial charge in [-0.15, -0.1) is 0 Å². The van der Waals surface area contributed by atoms with Gasteiger partial charge in [0.25, 0.3) is 5.91 Å². The highest BCUT2D eigenvalue weighted by molar-refractivity contribution is 6.06. The van der Waals surface area contributed by atoms with Gasteiger partial charge in [0.1, 0.15) is 11.9 Å². The Morgan fingerprint density at radius 1 is 1.38 bits per heavy atom. The van der Waals surface area contributed by atoms with Gasteiger partial charge in [0.2, 0.25) is 5.91 Å². The van der Waals surface area contributed by atoms with E-state index < -0.39 is 12.0 Å². The van der Waals surface area contributed by atoms with Crippen molar-refractivity contribution in [3.05, 3.63) is 29.6 Å². The fraction of sp³-hybridized carbons (Fsp3) is 0.286. The van der Waals surface area contributed by atoms with Crippen molar-refractivity contribution in [2.75, 3.05) is 7.05 Å². The predicted octanol–water partition coefficient (Wildman–Crippen LogP) is 0.973. The minimum atomic E-state index is -1.09. The van der Waals surface area contributed by atoms with Crippen LogP contribution in [0.15, 0.2) is 18.2 Å². The van der Waals surface area contributed by atoms with Crippen LogP contribution in [0, 0.1) is 6.92 Å². The number of carbonyl (C=O) groups excluding carboxylic acids is 2. The van der Waals surface area contributed by atoms with Crippen molar-refractivity contribution in [1.82, 2.24) is 14.5 Å². The lowest BCUT2D eigenvalue weighted by atomic mass is 10.1. The van der Waals surface area contributed by atoms with Crippen molar-refractivity contribution in [1.29, 1.82) is 0 Å². The molecule has 7 nitrogen and oxygen atoms in total. The molecule has 1 unspecified atom stereocenters. The molecule has 0 bridgehead atoms. The van der Waals surface area contributed by atoms with Gasteiger partial charge in [-0.25, -0.2) is 9.78 Å². The van der Waals surface area contributed by atoms with Crippen LogP contribution in [-0.2, 0) is 9.59 Å². The zero-order valence-corrected chi connectivity index (χ0v) is 11.5. The van der Waals surface area contributed by atoms with Crippen LogP contribution in [-0.4, -0.2) is 44.4 Å². The molecule has 0 spiro atoms. The van der Waals surface area contributed by atoms with Gasteiger partial charge in [-0.3, -0.25) is 14.5 Å². The van der Waals surface area contributed by atoms with E-state index in [0.717, 1.165) is 4.90 Å². The van der Waals surface area contributed by atoms with Crippen molar-refractivity contribution >= 4 is 28.8 Å². The summed E-state index contributed by atoms with van der Waals surface area (Å²) < 4.78 is 1.56. The number of rotatable bonds is 2. The monoisotopic (exact) mass is 287 g/mol. The number of carboxylic acid groups (broad SMARTS) is 1. The Hall–Kier alpha value is -2.70. The SMILES string of the molecule is Cc1nc2cccc(C(=O)O)c2n1C1CC(=O)N(C)C1=O. The zero-order valence-electron chi connectivity index (χ0n) is 11.5. The first kappa shape index (κ1) is 13.3. The highest BCUT2D eigenvalue weighted by Crippen LogP contribution is 2.30. The minimum Gasteiger partial charge on any atom is -0.478 e. The number of benzene rings is 1. The molecule has 21 heavy (non-hydrogen) atoms. The molecule has 1 aliphatic heterocycles. The summed E-state index contributed by atoms with van der Waals surface area (Å²) in [6, 6.07) is 4.03. The third-order valence-electron chi connectivity index (χ3n) is 3.79. The van der Waals surface area contributed by atoms with Crippen LogP contribution in [0.5, 0.6) is 0 Å². The van der Waals surface area contributed by atoms with E-state index in [0.29, 0.717) is 16.9 Å². The van der Waals surface area contributed by atoms with Gasteiger partial charge in [-0.05, 0) is 19.1 Å². The number of aromatic carboxylic acids is 1. The van der Waals surface area contributed by atoms with Gasteiger partial charge in [0.15, 0.2) is 0 Å². The Kier molecular flexibility index (Phi) is 2.79. The quantitative estimate of drug-likeness (QED) is 0.831. The summed E-state index contributed by atoms with van der Waals surface area (Å²) >= 11 is 0. The van der Waals surface area contributed by atoms with Crippen molar-refractivity contribution in [2.24, 2.45) is 0 Å². The number of fused-ring (bicyclic) bond motifs is 1. The molecule has 0 saturated carbocycles. The van der Waals surface area contributed by atoms with Crippen LogP contribution in [0.25, 0.3) is 11.0 Å². The summed E-state index contributed by atoms with van der Waals surface area (Å²) in [4.78, 5) is 40.7. The first-order valence-corrected chi connectivity index (χ1v) is 6.43. The van der Waals surface area contributed by atoms with Crippen molar-refractivity contribution < 1.29 is 19.5 Å². The molecule has 1 aromatic carbocycles. The summed E-state index contributed by atoms with van der Waals surface area (Å²) in [5, 5.41) is 9.33. The van der Waals surface area contributed by atoms with E-state index in [4.69, 9.17) is 0 Å². The lowest BCUT2D eigenvalue weighted by molar-refractivity contribution is -0.137. The molecule has 1 aromatic heterocycles. The maximum atomic E-state index is 12.2. The fourth-order valence-electron chi connectivity index (χ4n) is 2.76. The topological polar surface area (TPSA) is 92.5 Å². The van der Waals surface area contributed by atoms with E-state index in [-0.39, 0.29) is 23.8 Å². The third-order valence-corrected chi connectivity index (χ3v) is 3.79. The molecule has 3 rings (SSSR count). The first-order valence-electron chi connectivity index (χ1n) is 6.43. The molecule has 2 heterocycles. The highest BCUT2D eigenvalue weighted by atomic mass is 16.4. The summed E-state index contributed by atoms with van der Waals surface area (Å²) in [5.74, 6) is -1.20. The molecule has 1 atom stereocenters. The predicted molar refractivity (Wildman–Crippen MR) is 72.9 cm³/mol. The van der Waals surface area contributed by atoms with E-state index in [1.807, 2.05) is 0 Å². The van der Waals surface area contributed by atoms with E-state index in [1.165, 1.54) is 13.1 Å². The van der Waals surface area contributed by atoms with Crippen LogP contribution >= 0.6 is 0 Å². The second-order valence-corrected chi connectivity index (χ2v) is 5.02. The number of carboxylic acids is 1. The molecule has 0 aliphatic carbocycles. The van der Waals surface area contributed by atoms with E-state index in [2.05, 4.69) is 4.98 Å². The van der Waals surface area contributed by atoms with E-state index >= 15 is 0 Å². The minimum absolute atomic E-state index is 0.0234. The van der Waals surface area contributed by atoms with Crippen molar-refractivity contribution in [2.45, 2.75) is 19.4 Å². The molecule has 108 valence electrons. The molecule has 2 aromatic rings. The molecule has 0 radical (unpaired) electrons. The number of imidazole rings is 1. The van der Waals surface area contributed by atoms with Crippen LogP contribution in [0.2, 0.25) is 0 Å². The number of hydrogen-bond acceptors (Lipinski definition) is 4. The lowest BCUT2D eigenvalue weighted by Crippen LogP contribution is -2.27. The zero-order chi connectivity index (χ0) is 15.3. The molecular formula is C14H13N3O4. The number of nitrogens with zero attached hydrogens (tertiary/aromatic N) is 3. The number of amides is 2. The second kappa shape index (κ2) is 4.41. The average Bonchev–Trinajstić information content (AvgIpc) is 2.89. The largest absolute Gasteiger partial charge is 0.478 e. The molecule has 1 aliphatic rings. The highest BCUT2D eigenvalue weighted by Gasteiger charge is 2.39. The Morgan fingerprint density at radius 2 is 2.10 bits per heavy atom. The Labute approximate surface area is 119 Å². The number of aromatic nitrogens is 2. The van der Waals surface area contributed by atoms with Crippen LogP contribution < -0.4 is 0 Å². The van der Waals surface area contributed by atoms with Gasteiger partial charge in [-0.2, -0.15) is 0 Å². The molecule has 1 N–H and O–H groups in total. The first-order chi connectivity index (χ1) is 9.91. The number of carbonyl (C=O) groups is 3. The number of aryl methyl sites for hydroxylation is 1. The maximum absolute atomic E-state index is 12.2. The summed E-state index contributed by atoms with van der Waals surface area (Å²) in [6.45, 7) is 1.70. The summed E-state index contributed by atoms with van der Waals surface area (Å²) in [7, 11) is 1.43. The molecule has 7 heteroatoms. The fourth-order valence-corrected chi connectivity index (χ4v) is 2.76. The van der Waals surface area contributed by atoms with Crippen molar-refractivity contribution in [3.63, 3.8) is 0 Å². The normalized spacial score (nSPS) is 18.8. The maximum Gasteiger partial charge on any atom is 0.337 e. The molecule has 1 fully saturated rings. The average molecular weight is 287 g/mol. The van der Waals surface area contributed by atoms with Crippen LogP contribution in [0.3, 0.4) is 0 Å². The van der Waals surface area contributed by atoms with Gasteiger partial charge in [0.05, 0.1) is 23.0 Å². The summed E-state index contributed by atoms with van der Waals surface area (Å²) in [5.41, 5.74) is 0.953. The van der Waals surface area contributed by atoms with Gasteiger partial charge < -0.3 is 9.67 Å². The van der Waals surface area contributed by atoms with Crippen LogP contribution in [0.4, 0.5) is 0 Å². The number of likely N-dealkylation sites (tertiary alicyclic amines) is 1. The number of imide groups is 1. The molecule has 1 saturated heterocycles. The number of hydrogen-bond donors (Lipinski definition) is 1. The smallest absolute Gasteiger partial charge is 0.337 e. The second-order valence-electron chi connectivity index (χ2n) is 5.02.